The fourth-order valence-electron chi connectivity index (χ4n) is 2.46. The molecular formula is C19H18O4. The Morgan fingerprint density at radius 3 is 2.52 bits per heavy atom. The molecule has 118 valence electrons. The van der Waals surface area contributed by atoms with E-state index in [0.717, 1.165) is 28.5 Å². The van der Waals surface area contributed by atoms with Crippen LogP contribution < -0.4 is 4.74 Å². The van der Waals surface area contributed by atoms with E-state index < -0.39 is 5.97 Å². The molecule has 23 heavy (non-hydrogen) atoms. The summed E-state index contributed by atoms with van der Waals surface area (Å²) in [5, 5.41) is 10.9. The Balaban J connectivity index is 2.13. The van der Waals surface area contributed by atoms with Crippen LogP contribution in [-0.4, -0.2) is 17.2 Å². The molecule has 1 atom stereocenters. The van der Waals surface area contributed by atoms with E-state index in [1.165, 1.54) is 0 Å². The maximum atomic E-state index is 11.1. The second-order valence-electron chi connectivity index (χ2n) is 5.59. The molecule has 1 heterocycles. The van der Waals surface area contributed by atoms with E-state index in [1.807, 2.05) is 25.1 Å². The zero-order valence-corrected chi connectivity index (χ0v) is 13.1. The van der Waals surface area contributed by atoms with Gasteiger partial charge in [0.05, 0.1) is 11.7 Å². The molecule has 0 aliphatic carbocycles. The minimum atomic E-state index is -1.03. The van der Waals surface area contributed by atoms with Crippen molar-refractivity contribution in [2.24, 2.45) is 0 Å². The maximum absolute atomic E-state index is 11.1. The molecule has 0 spiro atoms. The van der Waals surface area contributed by atoms with Crippen molar-refractivity contribution in [2.45, 2.75) is 26.4 Å². The third-order valence-electron chi connectivity index (χ3n) is 3.96. The number of carbonyl (C=O) groups is 1. The number of hydrogen-bond donors (Lipinski definition) is 1. The van der Waals surface area contributed by atoms with Crippen molar-refractivity contribution in [2.75, 3.05) is 0 Å². The van der Waals surface area contributed by atoms with Gasteiger partial charge in [0, 0.05) is 10.8 Å². The molecule has 3 aromatic rings. The van der Waals surface area contributed by atoms with Gasteiger partial charge in [0.25, 0.3) is 0 Å². The fourth-order valence-corrected chi connectivity index (χ4v) is 2.46. The molecule has 0 saturated carbocycles. The van der Waals surface area contributed by atoms with Gasteiger partial charge in [0.1, 0.15) is 16.9 Å². The summed E-state index contributed by atoms with van der Waals surface area (Å²) >= 11 is 0. The Morgan fingerprint density at radius 1 is 1.22 bits per heavy atom. The van der Waals surface area contributed by atoms with Crippen LogP contribution in [0.25, 0.3) is 27.5 Å². The highest BCUT2D eigenvalue weighted by Gasteiger charge is 2.13. The average molecular weight is 310 g/mol. The molecule has 0 amide bonds. The van der Waals surface area contributed by atoms with Crippen molar-refractivity contribution in [1.82, 2.24) is 0 Å². The number of rotatable bonds is 5. The molecule has 0 fully saturated rings. The number of carboxylic acids is 1. The summed E-state index contributed by atoms with van der Waals surface area (Å²) in [5.41, 5.74) is 2.09. The van der Waals surface area contributed by atoms with E-state index in [4.69, 9.17) is 14.3 Å². The highest BCUT2D eigenvalue weighted by Crippen LogP contribution is 2.33. The Morgan fingerprint density at radius 2 is 1.87 bits per heavy atom. The minimum absolute atomic E-state index is 0.0632. The molecule has 3 rings (SSSR count). The molecule has 4 nitrogen and oxygen atoms in total. The summed E-state index contributed by atoms with van der Waals surface area (Å²) in [6.07, 6.45) is 1.06. The summed E-state index contributed by atoms with van der Waals surface area (Å²) in [4.78, 5) is 11.1. The largest absolute Gasteiger partial charge is 0.491 e. The monoisotopic (exact) mass is 310 g/mol. The molecule has 0 saturated heterocycles. The first kappa shape index (κ1) is 15.2. The Hall–Kier alpha value is -2.75. The first-order valence-electron chi connectivity index (χ1n) is 7.55. The highest BCUT2D eigenvalue weighted by atomic mass is 16.5. The van der Waals surface area contributed by atoms with E-state index in [1.54, 1.807) is 18.2 Å². The summed E-state index contributed by atoms with van der Waals surface area (Å²) in [5.74, 6) is -0.255. The van der Waals surface area contributed by atoms with Gasteiger partial charge >= 0.3 is 5.97 Å². The SMILES string of the molecule is C=C(C(=O)O)c1ccc2oc3ccc(OC(C)CC)cc3c2c1. The van der Waals surface area contributed by atoms with Crippen LogP contribution in [-0.2, 0) is 4.79 Å². The summed E-state index contributed by atoms with van der Waals surface area (Å²) in [6.45, 7) is 7.70. The summed E-state index contributed by atoms with van der Waals surface area (Å²) in [7, 11) is 0. The molecule has 0 bridgehead atoms. The van der Waals surface area contributed by atoms with Crippen molar-refractivity contribution in [3.05, 3.63) is 48.5 Å². The first-order valence-corrected chi connectivity index (χ1v) is 7.55. The van der Waals surface area contributed by atoms with Gasteiger partial charge in [-0.15, -0.1) is 0 Å². The van der Waals surface area contributed by atoms with Crippen LogP contribution in [0.15, 0.2) is 47.4 Å². The topological polar surface area (TPSA) is 59.7 Å². The van der Waals surface area contributed by atoms with Gasteiger partial charge in [-0.25, -0.2) is 4.79 Å². The van der Waals surface area contributed by atoms with Crippen LogP contribution in [0.3, 0.4) is 0 Å². The lowest BCUT2D eigenvalue weighted by atomic mass is 10.0. The minimum Gasteiger partial charge on any atom is -0.491 e. The lowest BCUT2D eigenvalue weighted by Crippen LogP contribution is -2.09. The van der Waals surface area contributed by atoms with E-state index in [9.17, 15) is 4.79 Å². The van der Waals surface area contributed by atoms with Crippen LogP contribution in [0.4, 0.5) is 0 Å². The predicted octanol–water partition coefficient (Wildman–Crippen LogP) is 4.86. The fraction of sp³-hybridized carbons (Fsp3) is 0.211. The molecule has 4 heteroatoms. The number of ether oxygens (including phenoxy) is 1. The third-order valence-corrected chi connectivity index (χ3v) is 3.96. The first-order chi connectivity index (χ1) is 11.0. The lowest BCUT2D eigenvalue weighted by Gasteiger charge is -2.12. The second kappa shape index (κ2) is 5.80. The summed E-state index contributed by atoms with van der Waals surface area (Å²) < 4.78 is 11.7. The van der Waals surface area contributed by atoms with E-state index in [2.05, 4.69) is 13.5 Å². The van der Waals surface area contributed by atoms with Crippen molar-refractivity contribution < 1.29 is 19.1 Å². The van der Waals surface area contributed by atoms with Gasteiger partial charge in [-0.3, -0.25) is 0 Å². The van der Waals surface area contributed by atoms with E-state index >= 15 is 0 Å². The smallest absolute Gasteiger partial charge is 0.335 e. The maximum Gasteiger partial charge on any atom is 0.335 e. The molecule has 0 radical (unpaired) electrons. The molecule has 1 aromatic heterocycles. The third kappa shape index (κ3) is 2.80. The van der Waals surface area contributed by atoms with Gasteiger partial charge in [-0.1, -0.05) is 19.6 Å². The number of hydrogen-bond acceptors (Lipinski definition) is 3. The zero-order chi connectivity index (χ0) is 16.6. The van der Waals surface area contributed by atoms with Crippen molar-refractivity contribution in [3.63, 3.8) is 0 Å². The van der Waals surface area contributed by atoms with Crippen LogP contribution in [0.1, 0.15) is 25.8 Å². The number of fused-ring (bicyclic) bond motifs is 3. The van der Waals surface area contributed by atoms with Gasteiger partial charge < -0.3 is 14.3 Å². The normalized spacial score (nSPS) is 12.4. The molecule has 0 aliphatic rings. The molecule has 0 aliphatic heterocycles. The molecule has 1 unspecified atom stereocenters. The van der Waals surface area contributed by atoms with Crippen LogP contribution in [0.5, 0.6) is 5.75 Å². The van der Waals surface area contributed by atoms with Gasteiger partial charge in [0.2, 0.25) is 0 Å². The predicted molar refractivity (Wildman–Crippen MR) is 90.8 cm³/mol. The van der Waals surface area contributed by atoms with E-state index in [-0.39, 0.29) is 11.7 Å². The molecule has 2 aromatic carbocycles. The lowest BCUT2D eigenvalue weighted by molar-refractivity contribution is -0.130. The van der Waals surface area contributed by atoms with Crippen LogP contribution in [0.2, 0.25) is 0 Å². The van der Waals surface area contributed by atoms with Crippen LogP contribution in [0, 0.1) is 0 Å². The van der Waals surface area contributed by atoms with Crippen molar-refractivity contribution in [3.8, 4) is 5.75 Å². The Bertz CT molecular complexity index is 904. The molecular weight excluding hydrogens is 292 g/mol. The standard InChI is InChI=1S/C19H18O4/c1-4-11(2)22-14-6-8-18-16(10-14)15-9-13(12(3)19(20)21)5-7-17(15)23-18/h5-11H,3-4H2,1-2H3,(H,20,21). The highest BCUT2D eigenvalue weighted by molar-refractivity contribution is 6.16. The van der Waals surface area contributed by atoms with Crippen molar-refractivity contribution in [1.29, 1.82) is 0 Å². The Kier molecular flexibility index (Phi) is 3.82. The summed E-state index contributed by atoms with van der Waals surface area (Å²) in [6, 6.07) is 11.0. The molecule has 1 N–H and O–H groups in total. The van der Waals surface area contributed by atoms with Gasteiger partial charge in [0.15, 0.2) is 0 Å². The van der Waals surface area contributed by atoms with E-state index in [0.29, 0.717) is 11.1 Å². The van der Waals surface area contributed by atoms with Crippen molar-refractivity contribution >= 4 is 33.5 Å². The zero-order valence-electron chi connectivity index (χ0n) is 13.1. The average Bonchev–Trinajstić information content (AvgIpc) is 2.91. The number of furan rings is 1. The quantitative estimate of drug-likeness (QED) is 0.684. The number of carboxylic acid groups (broad SMARTS) is 1. The number of benzene rings is 2. The van der Waals surface area contributed by atoms with Crippen LogP contribution >= 0.6 is 0 Å². The van der Waals surface area contributed by atoms with Gasteiger partial charge in [-0.05, 0) is 49.2 Å². The Labute approximate surface area is 134 Å². The van der Waals surface area contributed by atoms with Gasteiger partial charge in [-0.2, -0.15) is 0 Å². The second-order valence-corrected chi connectivity index (χ2v) is 5.59. The number of aliphatic carboxylic acids is 1.